The van der Waals surface area contributed by atoms with Gasteiger partial charge in [-0.1, -0.05) is 34.6 Å². The van der Waals surface area contributed by atoms with Crippen LogP contribution in [0.15, 0.2) is 0 Å². The van der Waals surface area contributed by atoms with Crippen molar-refractivity contribution in [2.45, 2.75) is 103 Å². The van der Waals surface area contributed by atoms with E-state index in [4.69, 9.17) is 0 Å². The normalized spacial score (nSPS) is 33.0. The minimum absolute atomic E-state index is 0.0460. The van der Waals surface area contributed by atoms with E-state index in [1.165, 1.54) is 0 Å². The Kier molecular flexibility index (Phi) is 7.99. The lowest BCUT2D eigenvalue weighted by Gasteiger charge is -2.38. The molecule has 6 atom stereocenters. The van der Waals surface area contributed by atoms with Gasteiger partial charge in [0.05, 0.1) is 12.7 Å². The van der Waals surface area contributed by atoms with Crippen molar-refractivity contribution in [2.75, 3.05) is 19.8 Å². The molecule has 0 aromatic carbocycles. The van der Waals surface area contributed by atoms with Gasteiger partial charge in [-0.05, 0) is 79.4 Å². The molecule has 0 bridgehead atoms. The molecule has 5 rings (SSSR count). The largest absolute Gasteiger partial charge is 0.350 e. The zero-order valence-corrected chi connectivity index (χ0v) is 25.6. The van der Waals surface area contributed by atoms with Crippen LogP contribution in [0, 0.1) is 51.8 Å². The Hall–Kier alpha value is -2.90. The summed E-state index contributed by atoms with van der Waals surface area (Å²) < 4.78 is 12.7. The summed E-state index contributed by atoms with van der Waals surface area (Å²) in [6.45, 7) is 10.4. The van der Waals surface area contributed by atoms with Crippen LogP contribution in [0.3, 0.4) is 0 Å². The molecule has 232 valence electrons. The number of carbonyl (C=O) groups excluding carboxylic acids is 4. The predicted molar refractivity (Wildman–Crippen MR) is 153 cm³/mol. The lowest BCUT2D eigenvalue weighted by atomic mass is 9.74. The van der Waals surface area contributed by atoms with E-state index < -0.39 is 29.6 Å². The van der Waals surface area contributed by atoms with E-state index in [9.17, 15) is 28.8 Å². The number of nitrogens with one attached hydrogen (secondary N) is 4. The summed E-state index contributed by atoms with van der Waals surface area (Å²) in [6, 6.07) is -0.733. The number of hydrogen-bond acceptors (Lipinski definition) is 5. The molecule has 5 aliphatic rings. The summed E-state index contributed by atoms with van der Waals surface area (Å²) >= 11 is 0. The van der Waals surface area contributed by atoms with Crippen LogP contribution in [0.2, 0.25) is 0 Å². The Morgan fingerprint density at radius 3 is 2.43 bits per heavy atom. The van der Waals surface area contributed by atoms with Gasteiger partial charge < -0.3 is 26.2 Å². The third kappa shape index (κ3) is 5.96. The number of fused-ring (bicyclic) bond motifs is 1. The number of urea groups is 1. The average molecular weight is 587 g/mol. The molecule has 42 heavy (non-hydrogen) atoms. The first-order valence-corrected chi connectivity index (χ1v) is 15.6. The van der Waals surface area contributed by atoms with E-state index in [1.807, 2.05) is 20.8 Å². The van der Waals surface area contributed by atoms with Crippen LogP contribution in [0.4, 0.5) is 9.18 Å². The molecule has 0 aromatic heterocycles. The second-order valence-corrected chi connectivity index (χ2v) is 15.3. The molecule has 2 aliphatic heterocycles. The second kappa shape index (κ2) is 11.0. The number of likely N-dealkylation sites (tertiary alicyclic amines) is 1. The molecule has 0 aromatic rings. The number of halogens is 1. The highest BCUT2D eigenvalue weighted by Crippen LogP contribution is 2.65. The Bertz CT molecular complexity index is 1150. The fourth-order valence-corrected chi connectivity index (χ4v) is 7.77. The van der Waals surface area contributed by atoms with Crippen LogP contribution in [0.25, 0.3) is 0 Å². The summed E-state index contributed by atoms with van der Waals surface area (Å²) in [5.74, 6) is -0.396. The first-order chi connectivity index (χ1) is 19.7. The maximum absolute atomic E-state index is 14.0. The van der Waals surface area contributed by atoms with Gasteiger partial charge in [0.25, 0.3) is 0 Å². The molecule has 0 radical (unpaired) electrons. The molecule has 5 fully saturated rings. The molecule has 3 saturated carbocycles. The van der Waals surface area contributed by atoms with E-state index in [-0.39, 0.29) is 65.4 Å². The van der Waals surface area contributed by atoms with Crippen LogP contribution in [0.1, 0.15) is 79.6 Å². The van der Waals surface area contributed by atoms with Crippen molar-refractivity contribution in [3.63, 3.8) is 0 Å². The Morgan fingerprint density at radius 1 is 1.17 bits per heavy atom. The summed E-state index contributed by atoms with van der Waals surface area (Å²) in [6.07, 6.45) is 5.31. The minimum Gasteiger partial charge on any atom is -0.350 e. The van der Waals surface area contributed by atoms with E-state index in [1.54, 1.807) is 4.90 Å². The smallest absolute Gasteiger partial charge is 0.315 e. The molecule has 2 heterocycles. The van der Waals surface area contributed by atoms with Crippen LogP contribution in [-0.2, 0) is 14.4 Å². The highest BCUT2D eigenvalue weighted by Gasteiger charge is 2.70. The fraction of sp³-hybridized carbons (Fsp3) is 0.839. The number of nitriles is 1. The third-order valence-electron chi connectivity index (χ3n) is 10.8. The van der Waals surface area contributed by atoms with Gasteiger partial charge in [-0.15, -0.1) is 0 Å². The predicted octanol–water partition coefficient (Wildman–Crippen LogP) is 2.64. The van der Waals surface area contributed by atoms with Crippen molar-refractivity contribution in [2.24, 2.45) is 40.4 Å². The molecule has 2 saturated heterocycles. The molecule has 10 nitrogen and oxygen atoms in total. The van der Waals surface area contributed by atoms with Crippen molar-refractivity contribution in [3.05, 3.63) is 0 Å². The van der Waals surface area contributed by atoms with Gasteiger partial charge in [-0.2, -0.15) is 5.26 Å². The average Bonchev–Trinajstić information content (AvgIpc) is 3.61. The number of amides is 5. The highest BCUT2D eigenvalue weighted by molar-refractivity contribution is 5.94. The molecule has 1 spiro atoms. The third-order valence-corrected chi connectivity index (χ3v) is 10.8. The second-order valence-electron chi connectivity index (χ2n) is 15.3. The first-order valence-electron chi connectivity index (χ1n) is 15.6. The van der Waals surface area contributed by atoms with Gasteiger partial charge in [0, 0.05) is 24.5 Å². The Balaban J connectivity index is 1.21. The maximum atomic E-state index is 14.0. The number of alkyl halides is 1. The van der Waals surface area contributed by atoms with Crippen LogP contribution >= 0.6 is 0 Å². The zero-order valence-electron chi connectivity index (χ0n) is 25.6. The van der Waals surface area contributed by atoms with Crippen LogP contribution in [0.5, 0.6) is 0 Å². The number of piperidine rings is 1. The standard InChI is InChI=1S/C31H47FN6O4/c1-29(2,3)24(36-28(42)34-9-6-17-10-18(11-17)14-32)27(41)38-16-21-22(30(21,4)5)23(38)26(40)35-20(15-33)12-19-13-31(7-8-31)37-25(19)39/h17-24H,6-14,16H2,1-5H3,(H,35,40)(H,37,39)(H2,34,36,42)/t17?,18?,19-,20+,21+,22+,23+,24-/m1/s1. The van der Waals surface area contributed by atoms with E-state index in [2.05, 4.69) is 41.2 Å². The van der Waals surface area contributed by atoms with Gasteiger partial charge in [0.15, 0.2) is 0 Å². The SMILES string of the molecule is CC(C)(C)[C@H](NC(=O)NCCC1CC(CF)C1)C(=O)N1C[C@H]2[C@@H]([C@H]1C(=O)N[C@H](C#N)C[C@@H]1CC3(CC3)NC1=O)C2(C)C. The summed E-state index contributed by atoms with van der Waals surface area (Å²) in [5, 5.41) is 21.5. The van der Waals surface area contributed by atoms with Gasteiger partial charge in [0.1, 0.15) is 18.1 Å². The monoisotopic (exact) mass is 586 g/mol. The molecule has 11 heteroatoms. The molecular weight excluding hydrogens is 539 g/mol. The molecule has 0 unspecified atom stereocenters. The Morgan fingerprint density at radius 2 is 1.86 bits per heavy atom. The minimum atomic E-state index is -0.864. The fourth-order valence-electron chi connectivity index (χ4n) is 7.77. The highest BCUT2D eigenvalue weighted by atomic mass is 19.1. The summed E-state index contributed by atoms with van der Waals surface area (Å²) in [7, 11) is 0. The summed E-state index contributed by atoms with van der Waals surface area (Å²) in [5.41, 5.74) is -0.845. The van der Waals surface area contributed by atoms with E-state index in [0.29, 0.717) is 25.4 Å². The first kappa shape index (κ1) is 30.6. The van der Waals surface area contributed by atoms with Crippen LogP contribution in [-0.4, -0.2) is 72.1 Å². The lowest BCUT2D eigenvalue weighted by Crippen LogP contribution is -2.60. The number of rotatable bonds is 10. The number of hydrogen-bond donors (Lipinski definition) is 4. The maximum Gasteiger partial charge on any atom is 0.315 e. The van der Waals surface area contributed by atoms with Crippen LogP contribution < -0.4 is 21.3 Å². The molecule has 4 N–H and O–H groups in total. The van der Waals surface area contributed by atoms with E-state index in [0.717, 1.165) is 32.1 Å². The van der Waals surface area contributed by atoms with Gasteiger partial charge >= 0.3 is 6.03 Å². The van der Waals surface area contributed by atoms with Gasteiger partial charge in [-0.25, -0.2) is 4.79 Å². The lowest BCUT2D eigenvalue weighted by molar-refractivity contribution is -0.143. The number of nitrogens with zero attached hydrogens (tertiary/aromatic N) is 2. The molecule has 5 amide bonds. The van der Waals surface area contributed by atoms with E-state index >= 15 is 0 Å². The van der Waals surface area contributed by atoms with Crippen molar-refractivity contribution in [3.8, 4) is 6.07 Å². The van der Waals surface area contributed by atoms with Gasteiger partial charge in [0.2, 0.25) is 17.7 Å². The quantitative estimate of drug-likeness (QED) is 0.311. The van der Waals surface area contributed by atoms with Crippen molar-refractivity contribution in [1.82, 2.24) is 26.2 Å². The van der Waals surface area contributed by atoms with Gasteiger partial charge in [-0.3, -0.25) is 18.8 Å². The zero-order chi connectivity index (χ0) is 30.6. The van der Waals surface area contributed by atoms with Crippen molar-refractivity contribution in [1.29, 1.82) is 5.26 Å². The number of carbonyl (C=O) groups is 4. The summed E-state index contributed by atoms with van der Waals surface area (Å²) in [4.78, 5) is 54.7. The Labute approximate surface area is 248 Å². The van der Waals surface area contributed by atoms with Crippen molar-refractivity contribution >= 4 is 23.8 Å². The topological polar surface area (TPSA) is 143 Å². The molecular formula is C31H47FN6O4. The molecule has 3 aliphatic carbocycles. The van der Waals surface area contributed by atoms with Crippen molar-refractivity contribution < 1.29 is 23.6 Å².